The van der Waals surface area contributed by atoms with E-state index in [0.29, 0.717) is 44.6 Å². The van der Waals surface area contributed by atoms with E-state index in [9.17, 15) is 9.59 Å². The average Bonchev–Trinajstić information content (AvgIpc) is 3.56. The number of nitrogens with zero attached hydrogens (tertiary/aromatic N) is 3. The van der Waals surface area contributed by atoms with Crippen molar-refractivity contribution >= 4 is 22.9 Å². The predicted molar refractivity (Wildman–Crippen MR) is 107 cm³/mol. The van der Waals surface area contributed by atoms with E-state index in [1.54, 1.807) is 4.90 Å². The zero-order chi connectivity index (χ0) is 19.7. The number of rotatable bonds is 4. The Hall–Kier alpha value is -2.63. The fourth-order valence-corrected chi connectivity index (χ4v) is 3.55. The summed E-state index contributed by atoms with van der Waals surface area (Å²) in [7, 11) is 0. The fraction of sp³-hybridized carbons (Fsp3) is 0.500. The van der Waals surface area contributed by atoms with Crippen LogP contribution in [0.4, 0.5) is 4.79 Å². The Labute approximate surface area is 165 Å². The molecule has 0 atom stereocenters. The summed E-state index contributed by atoms with van der Waals surface area (Å²) in [4.78, 5) is 33.7. The molecule has 6 nitrogen and oxygen atoms in total. The summed E-state index contributed by atoms with van der Waals surface area (Å²) in [6.45, 7) is 6.49. The van der Waals surface area contributed by atoms with Gasteiger partial charge in [0.15, 0.2) is 0 Å². The smallest absolute Gasteiger partial charge is 0.409 e. The van der Waals surface area contributed by atoms with E-state index >= 15 is 0 Å². The molecule has 0 radical (unpaired) electrons. The molecule has 1 saturated carbocycles. The highest BCUT2D eigenvalue weighted by Crippen LogP contribution is 2.40. The van der Waals surface area contributed by atoms with Gasteiger partial charge >= 0.3 is 6.09 Å². The number of benzene rings is 1. The fourth-order valence-electron chi connectivity index (χ4n) is 3.55. The standard InChI is InChI=1S/C22H27N3O3/c1-15(2)14-28-22(27)25-11-9-24(10-12-25)21(26)18-13-20(16-7-8-16)23-19-6-4-3-5-17(18)19/h3-6,13,15-16H,7-12,14H2,1-2H3. The van der Waals surface area contributed by atoms with Crippen molar-refractivity contribution in [2.45, 2.75) is 32.6 Å². The zero-order valence-corrected chi connectivity index (χ0v) is 16.6. The third-order valence-corrected chi connectivity index (χ3v) is 5.33. The number of fused-ring (bicyclic) bond motifs is 1. The molecule has 2 heterocycles. The molecule has 0 bridgehead atoms. The highest BCUT2D eigenvalue weighted by molar-refractivity contribution is 6.06. The van der Waals surface area contributed by atoms with Crippen LogP contribution in [0.2, 0.25) is 0 Å². The third-order valence-electron chi connectivity index (χ3n) is 5.33. The molecule has 6 heteroatoms. The van der Waals surface area contributed by atoms with Crippen LogP contribution in [0.25, 0.3) is 10.9 Å². The Kier molecular flexibility index (Phi) is 5.20. The van der Waals surface area contributed by atoms with Crippen molar-refractivity contribution in [1.82, 2.24) is 14.8 Å². The van der Waals surface area contributed by atoms with Crippen molar-refractivity contribution < 1.29 is 14.3 Å². The van der Waals surface area contributed by atoms with Crippen LogP contribution >= 0.6 is 0 Å². The number of ether oxygens (including phenoxy) is 1. The molecule has 1 aromatic heterocycles. The number of para-hydroxylation sites is 1. The largest absolute Gasteiger partial charge is 0.449 e. The normalized spacial score (nSPS) is 17.2. The lowest BCUT2D eigenvalue weighted by molar-refractivity contribution is 0.0536. The molecule has 148 valence electrons. The van der Waals surface area contributed by atoms with E-state index in [2.05, 4.69) is 0 Å². The van der Waals surface area contributed by atoms with Crippen molar-refractivity contribution in [3.8, 4) is 0 Å². The van der Waals surface area contributed by atoms with Gasteiger partial charge in [-0.05, 0) is 30.9 Å². The number of carbonyl (C=O) groups is 2. The van der Waals surface area contributed by atoms with Gasteiger partial charge in [-0.3, -0.25) is 9.78 Å². The van der Waals surface area contributed by atoms with Crippen molar-refractivity contribution in [2.75, 3.05) is 32.8 Å². The molecular formula is C22H27N3O3. The van der Waals surface area contributed by atoms with Gasteiger partial charge in [0, 0.05) is 43.2 Å². The first-order chi connectivity index (χ1) is 13.5. The Morgan fingerprint density at radius 1 is 1.11 bits per heavy atom. The van der Waals surface area contributed by atoms with E-state index in [-0.39, 0.29) is 12.0 Å². The Morgan fingerprint density at radius 3 is 2.46 bits per heavy atom. The molecule has 1 aliphatic carbocycles. The van der Waals surface area contributed by atoms with Crippen molar-refractivity contribution in [1.29, 1.82) is 0 Å². The second-order valence-electron chi connectivity index (χ2n) is 8.14. The van der Waals surface area contributed by atoms with E-state index in [1.807, 2.05) is 49.1 Å². The van der Waals surface area contributed by atoms with Gasteiger partial charge in [0.05, 0.1) is 17.7 Å². The van der Waals surface area contributed by atoms with Crippen molar-refractivity contribution in [3.63, 3.8) is 0 Å². The van der Waals surface area contributed by atoms with Gasteiger partial charge in [0.2, 0.25) is 0 Å². The first kappa shape index (κ1) is 18.7. The number of hydrogen-bond donors (Lipinski definition) is 0. The Bertz CT molecular complexity index is 884. The van der Waals surface area contributed by atoms with E-state index < -0.39 is 0 Å². The van der Waals surface area contributed by atoms with Crippen LogP contribution in [-0.4, -0.2) is 59.6 Å². The van der Waals surface area contributed by atoms with Crippen molar-refractivity contribution in [3.05, 3.63) is 41.6 Å². The van der Waals surface area contributed by atoms with Crippen LogP contribution in [-0.2, 0) is 4.74 Å². The second-order valence-corrected chi connectivity index (χ2v) is 8.14. The maximum absolute atomic E-state index is 13.3. The van der Waals surface area contributed by atoms with Gasteiger partial charge in [-0.15, -0.1) is 0 Å². The van der Waals surface area contributed by atoms with Gasteiger partial charge in [0.1, 0.15) is 0 Å². The summed E-state index contributed by atoms with van der Waals surface area (Å²) in [6, 6.07) is 9.82. The summed E-state index contributed by atoms with van der Waals surface area (Å²) in [6.07, 6.45) is 2.01. The molecule has 28 heavy (non-hydrogen) atoms. The monoisotopic (exact) mass is 381 g/mol. The number of piperazine rings is 1. The van der Waals surface area contributed by atoms with Crippen LogP contribution in [0.1, 0.15) is 48.7 Å². The molecule has 4 rings (SSSR count). The van der Waals surface area contributed by atoms with Gasteiger partial charge < -0.3 is 14.5 Å². The highest BCUT2D eigenvalue weighted by Gasteiger charge is 2.30. The molecule has 0 N–H and O–H groups in total. The maximum Gasteiger partial charge on any atom is 0.409 e. The van der Waals surface area contributed by atoms with Gasteiger partial charge in [-0.2, -0.15) is 0 Å². The Morgan fingerprint density at radius 2 is 1.79 bits per heavy atom. The van der Waals surface area contributed by atoms with E-state index in [1.165, 1.54) is 0 Å². The van der Waals surface area contributed by atoms with Crippen LogP contribution in [0.5, 0.6) is 0 Å². The number of hydrogen-bond acceptors (Lipinski definition) is 4. The minimum atomic E-state index is -0.286. The average molecular weight is 381 g/mol. The molecule has 2 amide bonds. The number of pyridine rings is 1. The van der Waals surface area contributed by atoms with Crippen LogP contribution in [0.3, 0.4) is 0 Å². The first-order valence-electron chi connectivity index (χ1n) is 10.1. The molecule has 1 saturated heterocycles. The minimum Gasteiger partial charge on any atom is -0.449 e. The minimum absolute atomic E-state index is 0.0238. The molecule has 2 aromatic rings. The molecule has 1 aromatic carbocycles. The first-order valence-corrected chi connectivity index (χ1v) is 10.1. The lowest BCUT2D eigenvalue weighted by Crippen LogP contribution is -2.50. The van der Waals surface area contributed by atoms with Crippen LogP contribution in [0.15, 0.2) is 30.3 Å². The SMILES string of the molecule is CC(C)COC(=O)N1CCN(C(=O)c2cc(C3CC3)nc3ccccc23)CC1. The molecule has 2 fully saturated rings. The summed E-state index contributed by atoms with van der Waals surface area (Å²) in [5, 5.41) is 0.899. The van der Waals surface area contributed by atoms with Crippen molar-refractivity contribution in [2.24, 2.45) is 5.92 Å². The Balaban J connectivity index is 1.48. The predicted octanol–water partition coefficient (Wildman–Crippen LogP) is 3.66. The molecule has 1 aliphatic heterocycles. The molecule has 0 unspecified atom stereocenters. The lowest BCUT2D eigenvalue weighted by Gasteiger charge is -2.34. The lowest BCUT2D eigenvalue weighted by atomic mass is 10.0. The summed E-state index contributed by atoms with van der Waals surface area (Å²) in [5.41, 5.74) is 2.63. The van der Waals surface area contributed by atoms with Crippen LogP contribution < -0.4 is 0 Å². The number of aromatic nitrogens is 1. The maximum atomic E-state index is 13.3. The van der Waals surface area contributed by atoms with Gasteiger partial charge in [0.25, 0.3) is 5.91 Å². The third kappa shape index (κ3) is 3.96. The molecule has 0 spiro atoms. The summed E-state index contributed by atoms with van der Waals surface area (Å²) >= 11 is 0. The highest BCUT2D eigenvalue weighted by atomic mass is 16.6. The molecular weight excluding hydrogens is 354 g/mol. The number of amides is 2. The second kappa shape index (κ2) is 7.78. The summed E-state index contributed by atoms with van der Waals surface area (Å²) in [5.74, 6) is 0.826. The molecule has 2 aliphatic rings. The zero-order valence-electron chi connectivity index (χ0n) is 16.6. The van der Waals surface area contributed by atoms with Gasteiger partial charge in [-0.1, -0.05) is 32.0 Å². The number of carbonyl (C=O) groups excluding carboxylic acids is 2. The summed E-state index contributed by atoms with van der Waals surface area (Å²) < 4.78 is 5.31. The topological polar surface area (TPSA) is 62.7 Å². The van der Waals surface area contributed by atoms with Crippen LogP contribution in [0, 0.1) is 5.92 Å². The van der Waals surface area contributed by atoms with E-state index in [4.69, 9.17) is 9.72 Å². The van der Waals surface area contributed by atoms with Gasteiger partial charge in [-0.25, -0.2) is 4.79 Å². The van der Waals surface area contributed by atoms with E-state index in [0.717, 1.165) is 35.0 Å². The quantitative estimate of drug-likeness (QED) is 0.811.